The van der Waals surface area contributed by atoms with E-state index < -0.39 is 16.9 Å². The largest absolute Gasteiger partial charge is 0.496 e. The quantitative estimate of drug-likeness (QED) is 0.281. The van der Waals surface area contributed by atoms with Gasteiger partial charge in [0.05, 0.1) is 24.1 Å². The third-order valence-corrected chi connectivity index (χ3v) is 6.38. The van der Waals surface area contributed by atoms with Gasteiger partial charge >= 0.3 is 0 Å². The highest BCUT2D eigenvalue weighted by Gasteiger charge is 2.41. The summed E-state index contributed by atoms with van der Waals surface area (Å²) in [6.45, 7) is 0. The molecule has 0 unspecified atom stereocenters. The number of rotatable bonds is 5. The number of anilines is 1. The summed E-state index contributed by atoms with van der Waals surface area (Å²) >= 11 is 6.13. The second-order valence-electron chi connectivity index (χ2n) is 8.01. The molecular formula is C25H20ClN5O4. The summed E-state index contributed by atoms with van der Waals surface area (Å²) in [5, 5.41) is 16.7. The molecule has 5 rings (SSSR count). The molecule has 9 nitrogen and oxygen atoms in total. The van der Waals surface area contributed by atoms with Crippen LogP contribution in [-0.4, -0.2) is 32.7 Å². The lowest BCUT2D eigenvalue weighted by Gasteiger charge is -2.39. The number of amides is 1. The van der Waals surface area contributed by atoms with E-state index in [-0.39, 0.29) is 23.2 Å². The maximum Gasteiger partial charge on any atom is 0.282 e. The van der Waals surface area contributed by atoms with Gasteiger partial charge in [0.1, 0.15) is 17.6 Å². The van der Waals surface area contributed by atoms with Crippen molar-refractivity contribution < 1.29 is 14.5 Å². The van der Waals surface area contributed by atoms with Gasteiger partial charge in [-0.05, 0) is 36.2 Å². The van der Waals surface area contributed by atoms with E-state index in [9.17, 15) is 14.9 Å². The van der Waals surface area contributed by atoms with Gasteiger partial charge in [-0.1, -0.05) is 54.1 Å². The molecule has 1 aromatic heterocycles. The van der Waals surface area contributed by atoms with Crippen LogP contribution in [0.4, 0.5) is 11.6 Å². The Bertz CT molecular complexity index is 1410. The highest BCUT2D eigenvalue weighted by Crippen LogP contribution is 2.45. The van der Waals surface area contributed by atoms with Crippen molar-refractivity contribution in [1.29, 1.82) is 0 Å². The number of nitro groups is 1. The monoisotopic (exact) mass is 489 g/mol. The number of nitro benzene ring substituents is 1. The summed E-state index contributed by atoms with van der Waals surface area (Å²) in [7, 11) is 1.60. The van der Waals surface area contributed by atoms with Crippen LogP contribution in [0.25, 0.3) is 0 Å². The van der Waals surface area contributed by atoms with Crippen molar-refractivity contribution in [3.8, 4) is 5.75 Å². The molecule has 176 valence electrons. The fraction of sp³-hybridized carbons (Fsp3) is 0.160. The fourth-order valence-corrected chi connectivity index (χ4v) is 4.66. The maximum absolute atomic E-state index is 13.9. The zero-order valence-electron chi connectivity index (χ0n) is 18.6. The SMILES string of the molecule is COc1ccccc1[C@H]1C[C@H](c2ccc(Cl)cc2)N(C(=O)c2ccccc2[N+](=O)[O-])c2ncnn21. The highest BCUT2D eigenvalue weighted by atomic mass is 35.5. The molecule has 4 aromatic rings. The highest BCUT2D eigenvalue weighted by molar-refractivity contribution is 6.30. The second-order valence-corrected chi connectivity index (χ2v) is 8.45. The van der Waals surface area contributed by atoms with Gasteiger partial charge in [0.15, 0.2) is 0 Å². The molecule has 2 heterocycles. The third-order valence-electron chi connectivity index (χ3n) is 6.13. The zero-order valence-corrected chi connectivity index (χ0v) is 19.4. The van der Waals surface area contributed by atoms with Gasteiger partial charge < -0.3 is 4.74 Å². The van der Waals surface area contributed by atoms with Crippen LogP contribution in [0.5, 0.6) is 5.75 Å². The Morgan fingerprint density at radius 3 is 2.51 bits per heavy atom. The van der Waals surface area contributed by atoms with Crippen LogP contribution in [0, 0.1) is 10.1 Å². The molecule has 1 aliphatic rings. The number of benzene rings is 3. The number of methoxy groups -OCH3 is 1. The molecule has 0 N–H and O–H groups in total. The first-order valence-corrected chi connectivity index (χ1v) is 11.2. The molecule has 0 fully saturated rings. The Labute approximate surface area is 205 Å². The lowest BCUT2D eigenvalue weighted by Crippen LogP contribution is -2.43. The molecular weight excluding hydrogens is 470 g/mol. The van der Waals surface area contributed by atoms with Gasteiger partial charge in [-0.2, -0.15) is 10.1 Å². The molecule has 0 saturated carbocycles. The van der Waals surface area contributed by atoms with Crippen LogP contribution < -0.4 is 9.64 Å². The van der Waals surface area contributed by atoms with Crippen LogP contribution in [0.15, 0.2) is 79.1 Å². The molecule has 3 aromatic carbocycles. The molecule has 1 amide bonds. The fourth-order valence-electron chi connectivity index (χ4n) is 4.54. The van der Waals surface area contributed by atoms with Gasteiger partial charge in [0.2, 0.25) is 5.95 Å². The van der Waals surface area contributed by atoms with Gasteiger partial charge in [0.25, 0.3) is 11.6 Å². The summed E-state index contributed by atoms with van der Waals surface area (Å²) < 4.78 is 7.26. The molecule has 0 radical (unpaired) electrons. The van der Waals surface area contributed by atoms with Crippen molar-refractivity contribution in [3.05, 3.63) is 111 Å². The van der Waals surface area contributed by atoms with Crippen LogP contribution >= 0.6 is 11.6 Å². The lowest BCUT2D eigenvalue weighted by atomic mass is 9.91. The zero-order chi connectivity index (χ0) is 24.5. The minimum atomic E-state index is -0.559. The number of ether oxygens (including phenoxy) is 1. The molecule has 1 aliphatic heterocycles. The van der Waals surface area contributed by atoms with Crippen molar-refractivity contribution >= 4 is 29.1 Å². The summed E-state index contributed by atoms with van der Waals surface area (Å²) in [6.07, 6.45) is 1.81. The van der Waals surface area contributed by atoms with Gasteiger partial charge in [-0.15, -0.1) is 0 Å². The predicted molar refractivity (Wildman–Crippen MR) is 130 cm³/mol. The maximum atomic E-state index is 13.9. The van der Waals surface area contributed by atoms with Crippen molar-refractivity contribution in [2.75, 3.05) is 12.0 Å². The Hall–Kier alpha value is -4.24. The number of para-hydroxylation sites is 2. The Morgan fingerprint density at radius 1 is 1.06 bits per heavy atom. The second kappa shape index (κ2) is 9.19. The van der Waals surface area contributed by atoms with Crippen LogP contribution in [0.2, 0.25) is 5.02 Å². The number of halogens is 1. The van der Waals surface area contributed by atoms with Crippen LogP contribution in [-0.2, 0) is 0 Å². The van der Waals surface area contributed by atoms with E-state index in [2.05, 4.69) is 10.1 Å². The minimum absolute atomic E-state index is 0.0262. The molecule has 0 spiro atoms. The van der Waals surface area contributed by atoms with E-state index in [1.807, 2.05) is 36.4 Å². The first-order valence-electron chi connectivity index (χ1n) is 10.8. The molecule has 0 bridgehead atoms. The average molecular weight is 490 g/mol. The molecule has 0 saturated heterocycles. The van der Waals surface area contributed by atoms with E-state index in [0.717, 1.165) is 11.1 Å². The number of hydrogen-bond acceptors (Lipinski definition) is 6. The number of aromatic nitrogens is 3. The van der Waals surface area contributed by atoms with E-state index in [1.54, 1.807) is 30.0 Å². The van der Waals surface area contributed by atoms with Crippen molar-refractivity contribution in [1.82, 2.24) is 14.8 Å². The van der Waals surface area contributed by atoms with Gasteiger partial charge in [-0.25, -0.2) is 4.68 Å². The Morgan fingerprint density at radius 2 is 1.77 bits per heavy atom. The standard InChI is InChI=1S/C25H20ClN5O4/c1-35-23-9-5-3-6-18(23)22-14-21(16-10-12-17(26)13-11-16)29(25-27-15-28-30(22)25)24(32)19-7-2-4-8-20(19)31(33)34/h2-13,15,21-22H,14H2,1H3/t21-,22-/m1/s1. The molecule has 10 heteroatoms. The first kappa shape index (κ1) is 22.5. The topological polar surface area (TPSA) is 103 Å². The summed E-state index contributed by atoms with van der Waals surface area (Å²) in [6, 6.07) is 19.9. The molecule has 35 heavy (non-hydrogen) atoms. The number of carbonyl (C=O) groups is 1. The molecule has 2 atom stereocenters. The first-order chi connectivity index (χ1) is 17.0. The van der Waals surface area contributed by atoms with E-state index in [1.165, 1.54) is 29.4 Å². The summed E-state index contributed by atoms with van der Waals surface area (Å²) in [5.74, 6) is 0.438. The number of hydrogen-bond donors (Lipinski definition) is 0. The van der Waals surface area contributed by atoms with Gasteiger partial charge in [-0.3, -0.25) is 19.8 Å². The van der Waals surface area contributed by atoms with Crippen molar-refractivity contribution in [2.45, 2.75) is 18.5 Å². The Kier molecular flexibility index (Phi) is 5.92. The van der Waals surface area contributed by atoms with Crippen LogP contribution in [0.3, 0.4) is 0 Å². The summed E-state index contributed by atoms with van der Waals surface area (Å²) in [4.78, 5) is 30.9. The predicted octanol–water partition coefficient (Wildman–Crippen LogP) is 5.23. The third kappa shape index (κ3) is 4.00. The molecule has 0 aliphatic carbocycles. The summed E-state index contributed by atoms with van der Waals surface area (Å²) in [5.41, 5.74) is 1.40. The Balaban J connectivity index is 1.69. The lowest BCUT2D eigenvalue weighted by molar-refractivity contribution is -0.385. The van der Waals surface area contributed by atoms with Crippen molar-refractivity contribution in [3.63, 3.8) is 0 Å². The van der Waals surface area contributed by atoms with Crippen LogP contribution in [0.1, 0.15) is 40.0 Å². The van der Waals surface area contributed by atoms with E-state index in [4.69, 9.17) is 16.3 Å². The number of nitrogens with zero attached hydrogens (tertiary/aromatic N) is 5. The minimum Gasteiger partial charge on any atom is -0.496 e. The van der Waals surface area contributed by atoms with E-state index >= 15 is 0 Å². The number of fused-ring (bicyclic) bond motifs is 1. The normalized spacial score (nSPS) is 17.0. The smallest absolute Gasteiger partial charge is 0.282 e. The van der Waals surface area contributed by atoms with E-state index in [0.29, 0.717) is 17.2 Å². The number of carbonyl (C=O) groups excluding carboxylic acids is 1. The van der Waals surface area contributed by atoms with Gasteiger partial charge in [0, 0.05) is 16.7 Å². The van der Waals surface area contributed by atoms with Crippen molar-refractivity contribution in [2.24, 2.45) is 0 Å². The average Bonchev–Trinajstić information content (AvgIpc) is 3.37.